The molecule has 4 nitrogen and oxygen atoms in total. The Balaban J connectivity index is 2.07. The van der Waals surface area contributed by atoms with Crippen LogP contribution in [0.25, 0.3) is 0 Å². The smallest absolute Gasteiger partial charge is 0.242 e. The summed E-state index contributed by atoms with van der Waals surface area (Å²) < 4.78 is 0.972. The first-order chi connectivity index (χ1) is 13.8. The zero-order valence-electron chi connectivity index (χ0n) is 16.8. The number of amides is 2. The highest BCUT2D eigenvalue weighted by atomic mass is 79.9. The average molecular weight is 498 g/mol. The van der Waals surface area contributed by atoms with Crippen molar-refractivity contribution in [2.24, 2.45) is 0 Å². The Morgan fingerprint density at radius 2 is 1.76 bits per heavy atom. The quantitative estimate of drug-likeness (QED) is 0.513. The van der Waals surface area contributed by atoms with E-state index in [1.54, 1.807) is 11.8 Å². The lowest BCUT2D eigenvalue weighted by molar-refractivity contribution is -0.138. The fourth-order valence-corrected chi connectivity index (χ4v) is 4.18. The number of halogens is 2. The zero-order chi connectivity index (χ0) is 21.4. The van der Waals surface area contributed by atoms with Gasteiger partial charge in [-0.1, -0.05) is 57.9 Å². The fraction of sp³-hybridized carbons (Fsp3) is 0.364. The minimum Gasteiger partial charge on any atom is -0.352 e. The van der Waals surface area contributed by atoms with Gasteiger partial charge in [0.05, 0.1) is 5.75 Å². The van der Waals surface area contributed by atoms with Crippen molar-refractivity contribution >= 4 is 51.1 Å². The number of hydrogen-bond donors (Lipinski definition) is 1. The van der Waals surface area contributed by atoms with Gasteiger partial charge in [0.1, 0.15) is 6.04 Å². The van der Waals surface area contributed by atoms with Crippen LogP contribution in [0.3, 0.4) is 0 Å². The van der Waals surface area contributed by atoms with E-state index in [1.807, 2.05) is 62.4 Å². The molecule has 1 N–H and O–H groups in total. The first kappa shape index (κ1) is 23.8. The van der Waals surface area contributed by atoms with Gasteiger partial charge >= 0.3 is 0 Å². The molecular weight excluding hydrogens is 472 g/mol. The largest absolute Gasteiger partial charge is 0.352 e. The van der Waals surface area contributed by atoms with Crippen molar-refractivity contribution in [3.63, 3.8) is 0 Å². The fourth-order valence-electron chi connectivity index (χ4n) is 2.72. The summed E-state index contributed by atoms with van der Waals surface area (Å²) >= 11 is 11.1. The van der Waals surface area contributed by atoms with E-state index in [2.05, 4.69) is 21.2 Å². The third-order valence-electron chi connectivity index (χ3n) is 4.31. The summed E-state index contributed by atoms with van der Waals surface area (Å²) in [4.78, 5) is 27.2. The van der Waals surface area contributed by atoms with Gasteiger partial charge in [-0.2, -0.15) is 0 Å². The van der Waals surface area contributed by atoms with E-state index < -0.39 is 6.04 Å². The molecule has 7 heteroatoms. The minimum atomic E-state index is -0.561. The average Bonchev–Trinajstić information content (AvgIpc) is 2.68. The molecule has 0 fully saturated rings. The van der Waals surface area contributed by atoms with Crippen LogP contribution in [0.2, 0.25) is 5.02 Å². The van der Waals surface area contributed by atoms with E-state index in [0.29, 0.717) is 17.3 Å². The van der Waals surface area contributed by atoms with Crippen molar-refractivity contribution < 1.29 is 9.59 Å². The van der Waals surface area contributed by atoms with Crippen LogP contribution < -0.4 is 5.32 Å². The maximum atomic E-state index is 13.0. The van der Waals surface area contributed by atoms with Gasteiger partial charge < -0.3 is 10.2 Å². The molecule has 156 valence electrons. The van der Waals surface area contributed by atoms with Crippen LogP contribution in [0.15, 0.2) is 53.0 Å². The van der Waals surface area contributed by atoms with Crippen molar-refractivity contribution in [1.82, 2.24) is 10.2 Å². The van der Waals surface area contributed by atoms with Crippen LogP contribution in [-0.2, 0) is 21.9 Å². The van der Waals surface area contributed by atoms with Crippen molar-refractivity contribution in [3.8, 4) is 0 Å². The first-order valence-electron chi connectivity index (χ1n) is 9.43. The van der Waals surface area contributed by atoms with Crippen molar-refractivity contribution in [2.45, 2.75) is 45.2 Å². The molecule has 2 aromatic carbocycles. The van der Waals surface area contributed by atoms with Crippen LogP contribution >= 0.6 is 39.3 Å². The summed E-state index contributed by atoms with van der Waals surface area (Å²) in [5.74, 6) is 0.698. The van der Waals surface area contributed by atoms with Crippen LogP contribution in [-0.4, -0.2) is 34.6 Å². The van der Waals surface area contributed by atoms with Crippen molar-refractivity contribution in [1.29, 1.82) is 0 Å². The second kappa shape index (κ2) is 11.6. The summed E-state index contributed by atoms with van der Waals surface area (Å²) in [5.41, 5.74) is 1.97. The van der Waals surface area contributed by atoms with E-state index in [9.17, 15) is 9.59 Å². The maximum Gasteiger partial charge on any atom is 0.242 e. The molecule has 0 aliphatic rings. The Morgan fingerprint density at radius 3 is 2.38 bits per heavy atom. The summed E-state index contributed by atoms with van der Waals surface area (Å²) in [6.45, 7) is 5.97. The molecule has 2 aromatic rings. The SMILES string of the molecule is CC(C)NC(=O)[C@@H](C)N(Cc1ccc(Br)cc1)C(=O)CSCc1ccccc1Cl. The Bertz CT molecular complexity index is 830. The Morgan fingerprint density at radius 1 is 1.10 bits per heavy atom. The molecule has 2 amide bonds. The summed E-state index contributed by atoms with van der Waals surface area (Å²) in [6, 6.07) is 14.8. The van der Waals surface area contributed by atoms with E-state index in [-0.39, 0.29) is 23.6 Å². The number of benzene rings is 2. The van der Waals surface area contributed by atoms with Gasteiger partial charge in [0.25, 0.3) is 0 Å². The predicted molar refractivity (Wildman–Crippen MR) is 125 cm³/mol. The second-order valence-corrected chi connectivity index (χ2v) is 9.38. The van der Waals surface area contributed by atoms with Crippen molar-refractivity contribution in [3.05, 3.63) is 69.2 Å². The van der Waals surface area contributed by atoms with Crippen LogP contribution in [0.1, 0.15) is 31.9 Å². The lowest BCUT2D eigenvalue weighted by atomic mass is 10.1. The van der Waals surface area contributed by atoms with Gasteiger partial charge in [-0.05, 0) is 50.1 Å². The number of carbonyl (C=O) groups excluding carboxylic acids is 2. The molecule has 0 heterocycles. The molecule has 0 spiro atoms. The molecule has 0 unspecified atom stereocenters. The molecule has 1 atom stereocenters. The van der Waals surface area contributed by atoms with Crippen LogP contribution in [0.4, 0.5) is 0 Å². The predicted octanol–water partition coefficient (Wildman–Crippen LogP) is 5.28. The molecule has 0 saturated heterocycles. The number of hydrogen-bond acceptors (Lipinski definition) is 3. The molecule has 2 rings (SSSR count). The molecule has 0 saturated carbocycles. The Hall–Kier alpha value is -1.50. The Labute approximate surface area is 190 Å². The molecule has 0 aliphatic carbocycles. The molecule has 0 bridgehead atoms. The number of rotatable bonds is 9. The molecule has 29 heavy (non-hydrogen) atoms. The monoisotopic (exact) mass is 496 g/mol. The summed E-state index contributed by atoms with van der Waals surface area (Å²) in [6.07, 6.45) is 0. The summed E-state index contributed by atoms with van der Waals surface area (Å²) in [5, 5.41) is 3.60. The van der Waals surface area contributed by atoms with Gasteiger partial charge in [0, 0.05) is 27.8 Å². The standard InChI is InChI=1S/C22H26BrClN2O2S/c1-15(2)25-22(28)16(3)26(12-17-8-10-19(23)11-9-17)21(27)14-29-13-18-6-4-5-7-20(18)24/h4-11,15-16H,12-14H2,1-3H3,(H,25,28)/t16-/m1/s1. The minimum absolute atomic E-state index is 0.0178. The van der Waals surface area contributed by atoms with E-state index >= 15 is 0 Å². The first-order valence-corrected chi connectivity index (χ1v) is 11.8. The number of nitrogens with one attached hydrogen (secondary N) is 1. The Kier molecular flexibility index (Phi) is 9.53. The second-order valence-electron chi connectivity index (χ2n) is 7.07. The van der Waals surface area contributed by atoms with Gasteiger partial charge in [0.2, 0.25) is 11.8 Å². The van der Waals surface area contributed by atoms with Gasteiger partial charge in [-0.15, -0.1) is 11.8 Å². The van der Waals surface area contributed by atoms with E-state index in [1.165, 1.54) is 11.8 Å². The topological polar surface area (TPSA) is 49.4 Å². The number of carbonyl (C=O) groups is 2. The molecule has 0 aromatic heterocycles. The molecule has 0 aliphatic heterocycles. The number of thioether (sulfide) groups is 1. The molecular formula is C22H26BrClN2O2S. The molecule has 0 radical (unpaired) electrons. The normalized spacial score (nSPS) is 11.9. The van der Waals surface area contributed by atoms with Crippen molar-refractivity contribution in [2.75, 3.05) is 5.75 Å². The zero-order valence-corrected chi connectivity index (χ0v) is 20.0. The highest BCUT2D eigenvalue weighted by Crippen LogP contribution is 2.22. The lowest BCUT2D eigenvalue weighted by Crippen LogP contribution is -2.49. The van der Waals surface area contributed by atoms with Gasteiger partial charge in [-0.3, -0.25) is 9.59 Å². The van der Waals surface area contributed by atoms with E-state index in [0.717, 1.165) is 15.6 Å². The third-order valence-corrected chi connectivity index (χ3v) is 6.17. The highest BCUT2D eigenvalue weighted by molar-refractivity contribution is 9.10. The van der Waals surface area contributed by atoms with Gasteiger partial charge in [-0.25, -0.2) is 0 Å². The summed E-state index contributed by atoms with van der Waals surface area (Å²) in [7, 11) is 0. The lowest BCUT2D eigenvalue weighted by Gasteiger charge is -2.29. The van der Waals surface area contributed by atoms with Gasteiger partial charge in [0.15, 0.2) is 0 Å². The van der Waals surface area contributed by atoms with Crippen LogP contribution in [0, 0.1) is 0 Å². The van der Waals surface area contributed by atoms with Crippen LogP contribution in [0.5, 0.6) is 0 Å². The number of nitrogens with zero attached hydrogens (tertiary/aromatic N) is 1. The van der Waals surface area contributed by atoms with E-state index in [4.69, 9.17) is 11.6 Å². The maximum absolute atomic E-state index is 13.0. The third kappa shape index (κ3) is 7.68. The highest BCUT2D eigenvalue weighted by Gasteiger charge is 2.26.